The molecule has 2 rings (SSSR count). The Hall–Kier alpha value is -0.0800. The van der Waals surface area contributed by atoms with E-state index in [0.29, 0.717) is 5.54 Å². The molecule has 1 spiro atoms. The van der Waals surface area contributed by atoms with Crippen molar-refractivity contribution in [3.05, 3.63) is 0 Å². The van der Waals surface area contributed by atoms with Gasteiger partial charge in [0.1, 0.15) is 0 Å². The van der Waals surface area contributed by atoms with Gasteiger partial charge in [0, 0.05) is 5.54 Å². The smallest absolute Gasteiger partial charge is 0.0234 e. The third-order valence-corrected chi connectivity index (χ3v) is 4.04. The van der Waals surface area contributed by atoms with E-state index in [9.17, 15) is 0 Å². The highest BCUT2D eigenvalue weighted by Gasteiger charge is 2.41. The molecule has 0 radical (unpaired) electrons. The number of likely N-dealkylation sites (tertiary alicyclic amines) is 2. The number of rotatable bonds is 1. The van der Waals surface area contributed by atoms with Crippen LogP contribution in [0.2, 0.25) is 0 Å². The zero-order valence-corrected chi connectivity index (χ0v) is 9.05. The van der Waals surface area contributed by atoms with Crippen LogP contribution in [0.4, 0.5) is 0 Å². The lowest BCUT2D eigenvalue weighted by Crippen LogP contribution is -2.51. The summed E-state index contributed by atoms with van der Waals surface area (Å²) in [5, 5.41) is 0. The van der Waals surface area contributed by atoms with Gasteiger partial charge in [-0.2, -0.15) is 0 Å². The number of hydrogen-bond donors (Lipinski definition) is 0. The second-order valence-electron chi connectivity index (χ2n) is 4.71. The van der Waals surface area contributed by atoms with E-state index in [1.54, 1.807) is 0 Å². The molecule has 0 N–H and O–H groups in total. The average Bonchev–Trinajstić information content (AvgIpc) is 2.54. The molecule has 2 heteroatoms. The molecule has 2 saturated heterocycles. The molecule has 0 aromatic heterocycles. The SMILES string of the molecule is CCN1CCCC12CCN(C)CC2. The molecule has 0 unspecified atom stereocenters. The van der Waals surface area contributed by atoms with Crippen molar-refractivity contribution in [1.82, 2.24) is 9.80 Å². The van der Waals surface area contributed by atoms with Gasteiger partial charge in [-0.3, -0.25) is 4.90 Å². The summed E-state index contributed by atoms with van der Waals surface area (Å²) >= 11 is 0. The van der Waals surface area contributed by atoms with Gasteiger partial charge >= 0.3 is 0 Å². The van der Waals surface area contributed by atoms with Crippen molar-refractivity contribution in [2.45, 2.75) is 38.1 Å². The highest BCUT2D eigenvalue weighted by Crippen LogP contribution is 2.37. The lowest BCUT2D eigenvalue weighted by molar-refractivity contribution is 0.0667. The van der Waals surface area contributed by atoms with E-state index in [4.69, 9.17) is 0 Å². The maximum absolute atomic E-state index is 2.72. The van der Waals surface area contributed by atoms with Crippen LogP contribution in [0.25, 0.3) is 0 Å². The second-order valence-corrected chi connectivity index (χ2v) is 4.71. The predicted octanol–water partition coefficient (Wildman–Crippen LogP) is 1.57. The zero-order chi connectivity index (χ0) is 9.31. The molecule has 2 aliphatic rings. The Bertz CT molecular complexity index is 171. The molecule has 0 bridgehead atoms. The van der Waals surface area contributed by atoms with Gasteiger partial charge in [0.2, 0.25) is 0 Å². The lowest BCUT2D eigenvalue weighted by Gasteiger charge is -2.44. The molecule has 76 valence electrons. The molecule has 0 amide bonds. The van der Waals surface area contributed by atoms with E-state index >= 15 is 0 Å². The van der Waals surface area contributed by atoms with Crippen LogP contribution in [0.3, 0.4) is 0 Å². The van der Waals surface area contributed by atoms with Crippen LogP contribution in [0.15, 0.2) is 0 Å². The first-order valence-electron chi connectivity index (χ1n) is 5.70. The maximum Gasteiger partial charge on any atom is 0.0234 e. The Morgan fingerprint density at radius 2 is 1.77 bits per heavy atom. The van der Waals surface area contributed by atoms with Crippen molar-refractivity contribution < 1.29 is 0 Å². The highest BCUT2D eigenvalue weighted by molar-refractivity contribution is 4.98. The fourth-order valence-corrected chi connectivity index (χ4v) is 3.09. The maximum atomic E-state index is 2.72. The summed E-state index contributed by atoms with van der Waals surface area (Å²) in [6.07, 6.45) is 5.68. The first kappa shape index (κ1) is 9.47. The molecule has 13 heavy (non-hydrogen) atoms. The van der Waals surface area contributed by atoms with Gasteiger partial charge in [-0.05, 0) is 58.9 Å². The van der Waals surface area contributed by atoms with Gasteiger partial charge in [-0.15, -0.1) is 0 Å². The number of nitrogens with zero attached hydrogens (tertiary/aromatic N) is 2. The van der Waals surface area contributed by atoms with Gasteiger partial charge < -0.3 is 4.90 Å². The topological polar surface area (TPSA) is 6.48 Å². The summed E-state index contributed by atoms with van der Waals surface area (Å²) in [5.74, 6) is 0. The summed E-state index contributed by atoms with van der Waals surface area (Å²) in [7, 11) is 2.25. The van der Waals surface area contributed by atoms with Crippen LogP contribution in [-0.2, 0) is 0 Å². The molecule has 0 saturated carbocycles. The van der Waals surface area contributed by atoms with Gasteiger partial charge in [-0.1, -0.05) is 6.92 Å². The van der Waals surface area contributed by atoms with Crippen LogP contribution in [0.1, 0.15) is 32.6 Å². The molecule has 0 aromatic carbocycles. The molecular formula is C11H22N2. The van der Waals surface area contributed by atoms with E-state index in [0.717, 1.165) is 0 Å². The Balaban J connectivity index is 2.02. The summed E-state index contributed by atoms with van der Waals surface area (Å²) in [5.41, 5.74) is 0.612. The first-order chi connectivity index (χ1) is 6.27. The standard InChI is InChI=1S/C11H22N2/c1-3-13-8-4-5-11(13)6-9-12(2)10-7-11/h3-10H2,1-2H3. The number of piperidine rings is 1. The monoisotopic (exact) mass is 182 g/mol. The first-order valence-corrected chi connectivity index (χ1v) is 5.70. The van der Waals surface area contributed by atoms with Gasteiger partial charge in [0.15, 0.2) is 0 Å². The predicted molar refractivity (Wildman–Crippen MR) is 55.9 cm³/mol. The van der Waals surface area contributed by atoms with Crippen molar-refractivity contribution >= 4 is 0 Å². The van der Waals surface area contributed by atoms with Crippen LogP contribution in [0.5, 0.6) is 0 Å². The molecular weight excluding hydrogens is 160 g/mol. The Morgan fingerprint density at radius 3 is 2.38 bits per heavy atom. The lowest BCUT2D eigenvalue weighted by atomic mass is 9.85. The Kier molecular flexibility index (Phi) is 2.61. The minimum Gasteiger partial charge on any atom is -0.306 e. The molecule has 0 aliphatic carbocycles. The van der Waals surface area contributed by atoms with E-state index in [1.165, 1.54) is 51.9 Å². The fourth-order valence-electron chi connectivity index (χ4n) is 3.09. The van der Waals surface area contributed by atoms with Crippen molar-refractivity contribution in [3.63, 3.8) is 0 Å². The van der Waals surface area contributed by atoms with Crippen molar-refractivity contribution in [3.8, 4) is 0 Å². The summed E-state index contributed by atoms with van der Waals surface area (Å²) < 4.78 is 0. The van der Waals surface area contributed by atoms with E-state index in [1.807, 2.05) is 0 Å². The average molecular weight is 182 g/mol. The Labute approximate surface area is 81.9 Å². The Morgan fingerprint density at radius 1 is 1.08 bits per heavy atom. The van der Waals surface area contributed by atoms with E-state index in [2.05, 4.69) is 23.8 Å². The van der Waals surface area contributed by atoms with E-state index < -0.39 is 0 Å². The molecule has 2 nitrogen and oxygen atoms in total. The minimum atomic E-state index is 0.612. The molecule has 0 aromatic rings. The fraction of sp³-hybridized carbons (Fsp3) is 1.00. The molecule has 2 heterocycles. The summed E-state index contributed by atoms with van der Waals surface area (Å²) in [4.78, 5) is 5.19. The van der Waals surface area contributed by atoms with Crippen molar-refractivity contribution in [2.75, 3.05) is 33.2 Å². The van der Waals surface area contributed by atoms with E-state index in [-0.39, 0.29) is 0 Å². The second kappa shape index (κ2) is 3.58. The summed E-state index contributed by atoms with van der Waals surface area (Å²) in [6, 6.07) is 0. The normalized spacial score (nSPS) is 30.0. The largest absolute Gasteiger partial charge is 0.306 e. The minimum absolute atomic E-state index is 0.612. The zero-order valence-electron chi connectivity index (χ0n) is 9.05. The van der Waals surface area contributed by atoms with Crippen LogP contribution in [0, 0.1) is 0 Å². The third kappa shape index (κ3) is 1.62. The van der Waals surface area contributed by atoms with Gasteiger partial charge in [0.25, 0.3) is 0 Å². The molecule has 2 fully saturated rings. The quantitative estimate of drug-likeness (QED) is 0.607. The molecule has 2 aliphatic heterocycles. The van der Waals surface area contributed by atoms with Crippen molar-refractivity contribution in [2.24, 2.45) is 0 Å². The summed E-state index contributed by atoms with van der Waals surface area (Å²) in [6.45, 7) is 7.52. The third-order valence-electron chi connectivity index (χ3n) is 4.04. The van der Waals surface area contributed by atoms with Crippen LogP contribution >= 0.6 is 0 Å². The van der Waals surface area contributed by atoms with Gasteiger partial charge in [0.05, 0.1) is 0 Å². The van der Waals surface area contributed by atoms with Crippen molar-refractivity contribution in [1.29, 1.82) is 0 Å². The van der Waals surface area contributed by atoms with Gasteiger partial charge in [-0.25, -0.2) is 0 Å². The highest BCUT2D eigenvalue weighted by atomic mass is 15.2. The molecule has 0 atom stereocenters. The van der Waals surface area contributed by atoms with Crippen LogP contribution < -0.4 is 0 Å². The number of hydrogen-bond acceptors (Lipinski definition) is 2. The van der Waals surface area contributed by atoms with Crippen LogP contribution in [-0.4, -0.2) is 48.6 Å².